The van der Waals surface area contributed by atoms with Crippen molar-refractivity contribution in [1.29, 1.82) is 0 Å². The zero-order valence-electron chi connectivity index (χ0n) is 15.6. The minimum absolute atomic E-state index is 0.163. The summed E-state index contributed by atoms with van der Waals surface area (Å²) in [5.74, 6) is 1.08. The van der Waals surface area contributed by atoms with Crippen LogP contribution in [0, 0.1) is 0 Å². The van der Waals surface area contributed by atoms with Crippen molar-refractivity contribution in [2.75, 3.05) is 27.3 Å². The van der Waals surface area contributed by atoms with E-state index in [0.29, 0.717) is 36.6 Å². The summed E-state index contributed by atoms with van der Waals surface area (Å²) >= 11 is 0. The summed E-state index contributed by atoms with van der Waals surface area (Å²) in [6.45, 7) is 1.72. The molecule has 2 aromatic rings. The molecule has 1 fully saturated rings. The molecule has 1 amide bonds. The Morgan fingerprint density at radius 1 is 1.26 bits per heavy atom. The standard InChI is InChI=1S/C20H25N3O4/c1-26-18-8-10-21-16(19(18)27-2)12-23-11-9-15(17(24)13-23)22-20(25)14-6-4-3-5-7-14/h3-8,10,15,17,24H,9,11-13H2,1-2H3,(H,22,25)/t15-,17-/m1/s1. The summed E-state index contributed by atoms with van der Waals surface area (Å²) in [6.07, 6.45) is 1.69. The second kappa shape index (κ2) is 8.83. The van der Waals surface area contributed by atoms with Gasteiger partial charge in [0.05, 0.1) is 26.4 Å². The monoisotopic (exact) mass is 371 g/mol. The molecular formula is C20H25N3O4. The minimum atomic E-state index is -0.650. The Bertz CT molecular complexity index is 769. The van der Waals surface area contributed by atoms with Gasteiger partial charge in [-0.1, -0.05) is 18.2 Å². The van der Waals surface area contributed by atoms with Gasteiger partial charge in [-0.2, -0.15) is 0 Å². The maximum atomic E-state index is 12.3. The van der Waals surface area contributed by atoms with Crippen LogP contribution in [0.2, 0.25) is 0 Å². The van der Waals surface area contributed by atoms with E-state index in [4.69, 9.17) is 9.47 Å². The number of β-amino-alcohol motifs (C(OH)–C–C–N with tert-alkyl or cyclic N) is 1. The first kappa shape index (κ1) is 19.1. The number of carbonyl (C=O) groups excluding carboxylic acids is 1. The number of pyridine rings is 1. The summed E-state index contributed by atoms with van der Waals surface area (Å²) in [4.78, 5) is 18.8. The molecule has 144 valence electrons. The van der Waals surface area contributed by atoms with E-state index in [1.807, 2.05) is 18.2 Å². The number of methoxy groups -OCH3 is 2. The predicted molar refractivity (Wildman–Crippen MR) is 101 cm³/mol. The maximum Gasteiger partial charge on any atom is 0.251 e. The first-order chi connectivity index (χ1) is 13.1. The number of aliphatic hydroxyl groups is 1. The van der Waals surface area contributed by atoms with Crippen molar-refractivity contribution in [2.24, 2.45) is 0 Å². The van der Waals surface area contributed by atoms with Gasteiger partial charge in [0.25, 0.3) is 5.91 Å². The summed E-state index contributed by atoms with van der Waals surface area (Å²) in [7, 11) is 3.18. The van der Waals surface area contributed by atoms with Gasteiger partial charge >= 0.3 is 0 Å². The van der Waals surface area contributed by atoms with E-state index >= 15 is 0 Å². The van der Waals surface area contributed by atoms with E-state index in [2.05, 4.69) is 15.2 Å². The summed E-state index contributed by atoms with van der Waals surface area (Å²) in [6, 6.07) is 10.5. The zero-order chi connectivity index (χ0) is 19.2. The number of aliphatic hydroxyl groups excluding tert-OH is 1. The average molecular weight is 371 g/mol. The lowest BCUT2D eigenvalue weighted by atomic mass is 10.0. The van der Waals surface area contributed by atoms with Gasteiger partial charge in [0.2, 0.25) is 0 Å². The van der Waals surface area contributed by atoms with Crippen molar-refractivity contribution < 1.29 is 19.4 Å². The number of nitrogens with one attached hydrogen (secondary N) is 1. The fourth-order valence-corrected chi connectivity index (χ4v) is 3.33. The topological polar surface area (TPSA) is 83.9 Å². The number of amides is 1. The molecule has 1 aromatic heterocycles. The molecule has 0 bridgehead atoms. The third kappa shape index (κ3) is 4.56. The van der Waals surface area contributed by atoms with Crippen LogP contribution in [0.15, 0.2) is 42.6 Å². The molecule has 2 atom stereocenters. The quantitative estimate of drug-likeness (QED) is 0.800. The predicted octanol–water partition coefficient (Wildman–Crippen LogP) is 1.46. The highest BCUT2D eigenvalue weighted by molar-refractivity contribution is 5.94. The highest BCUT2D eigenvalue weighted by Gasteiger charge is 2.30. The van der Waals surface area contributed by atoms with Crippen LogP contribution in [0.5, 0.6) is 11.5 Å². The molecule has 7 nitrogen and oxygen atoms in total. The highest BCUT2D eigenvalue weighted by atomic mass is 16.5. The van der Waals surface area contributed by atoms with Crippen LogP contribution in [-0.2, 0) is 6.54 Å². The molecule has 7 heteroatoms. The van der Waals surface area contributed by atoms with Crippen molar-refractivity contribution in [3.63, 3.8) is 0 Å². The molecule has 1 saturated heterocycles. The molecule has 1 aliphatic heterocycles. The number of nitrogens with zero attached hydrogens (tertiary/aromatic N) is 2. The lowest BCUT2D eigenvalue weighted by Gasteiger charge is -2.36. The summed E-state index contributed by atoms with van der Waals surface area (Å²) < 4.78 is 10.7. The van der Waals surface area contributed by atoms with E-state index in [1.165, 1.54) is 0 Å². The molecule has 2 heterocycles. The number of rotatable bonds is 6. The Hall–Kier alpha value is -2.64. The number of aromatic nitrogens is 1. The van der Waals surface area contributed by atoms with Gasteiger partial charge in [-0.15, -0.1) is 0 Å². The Labute approximate surface area is 158 Å². The van der Waals surface area contributed by atoms with E-state index in [0.717, 1.165) is 12.2 Å². The fourth-order valence-electron chi connectivity index (χ4n) is 3.33. The first-order valence-electron chi connectivity index (χ1n) is 8.94. The molecule has 0 saturated carbocycles. The van der Waals surface area contributed by atoms with Crippen LogP contribution >= 0.6 is 0 Å². The normalized spacial score (nSPS) is 20.1. The second-order valence-electron chi connectivity index (χ2n) is 6.53. The van der Waals surface area contributed by atoms with Crippen molar-refractivity contribution in [2.45, 2.75) is 25.1 Å². The van der Waals surface area contributed by atoms with Crippen LogP contribution in [0.25, 0.3) is 0 Å². The molecule has 1 aromatic carbocycles. The van der Waals surface area contributed by atoms with E-state index in [-0.39, 0.29) is 11.9 Å². The van der Waals surface area contributed by atoms with Crippen LogP contribution in [-0.4, -0.2) is 60.4 Å². The van der Waals surface area contributed by atoms with E-state index in [1.54, 1.807) is 38.6 Å². The Balaban J connectivity index is 1.60. The minimum Gasteiger partial charge on any atom is -0.493 e. The third-order valence-electron chi connectivity index (χ3n) is 4.76. The van der Waals surface area contributed by atoms with Gasteiger partial charge in [-0.3, -0.25) is 14.7 Å². The van der Waals surface area contributed by atoms with Crippen molar-refractivity contribution in [3.05, 3.63) is 53.9 Å². The average Bonchev–Trinajstić information content (AvgIpc) is 2.70. The van der Waals surface area contributed by atoms with Crippen LogP contribution in [0.3, 0.4) is 0 Å². The number of hydrogen-bond acceptors (Lipinski definition) is 6. The first-order valence-corrected chi connectivity index (χ1v) is 8.94. The van der Waals surface area contributed by atoms with Crippen molar-refractivity contribution >= 4 is 5.91 Å². The van der Waals surface area contributed by atoms with Gasteiger partial charge in [-0.05, 0) is 18.6 Å². The fraction of sp³-hybridized carbons (Fsp3) is 0.400. The van der Waals surface area contributed by atoms with Crippen LogP contribution in [0.4, 0.5) is 0 Å². The van der Waals surface area contributed by atoms with Gasteiger partial charge in [0.1, 0.15) is 5.69 Å². The second-order valence-corrected chi connectivity index (χ2v) is 6.53. The number of likely N-dealkylation sites (tertiary alicyclic amines) is 1. The largest absolute Gasteiger partial charge is 0.493 e. The van der Waals surface area contributed by atoms with Crippen molar-refractivity contribution in [3.8, 4) is 11.5 Å². The zero-order valence-corrected chi connectivity index (χ0v) is 15.6. The van der Waals surface area contributed by atoms with Gasteiger partial charge in [0, 0.05) is 37.5 Å². The van der Waals surface area contributed by atoms with E-state index < -0.39 is 6.10 Å². The van der Waals surface area contributed by atoms with E-state index in [9.17, 15) is 9.90 Å². The number of carbonyl (C=O) groups is 1. The number of hydrogen-bond donors (Lipinski definition) is 2. The van der Waals surface area contributed by atoms with Gasteiger partial charge < -0.3 is 19.9 Å². The van der Waals surface area contributed by atoms with Crippen molar-refractivity contribution in [1.82, 2.24) is 15.2 Å². The molecular weight excluding hydrogens is 346 g/mol. The van der Waals surface area contributed by atoms with Gasteiger partial charge in [0.15, 0.2) is 11.5 Å². The number of benzene rings is 1. The third-order valence-corrected chi connectivity index (χ3v) is 4.76. The smallest absolute Gasteiger partial charge is 0.251 e. The van der Waals surface area contributed by atoms with Crippen LogP contribution < -0.4 is 14.8 Å². The molecule has 0 unspecified atom stereocenters. The SMILES string of the molecule is COc1ccnc(CN2CC[C@@H](NC(=O)c3ccccc3)[C@H](O)C2)c1OC. The summed E-state index contributed by atoms with van der Waals surface area (Å²) in [5, 5.41) is 13.4. The molecule has 0 spiro atoms. The molecule has 1 aliphatic rings. The number of piperidine rings is 1. The Kier molecular flexibility index (Phi) is 6.26. The maximum absolute atomic E-state index is 12.3. The molecule has 2 N–H and O–H groups in total. The molecule has 27 heavy (non-hydrogen) atoms. The lowest BCUT2D eigenvalue weighted by Crippen LogP contribution is -2.53. The Morgan fingerprint density at radius 3 is 2.70 bits per heavy atom. The highest BCUT2D eigenvalue weighted by Crippen LogP contribution is 2.30. The Morgan fingerprint density at radius 2 is 2.04 bits per heavy atom. The van der Waals surface area contributed by atoms with Crippen LogP contribution in [0.1, 0.15) is 22.5 Å². The summed E-state index contributed by atoms with van der Waals surface area (Å²) in [5.41, 5.74) is 1.35. The molecule has 0 radical (unpaired) electrons. The molecule has 3 rings (SSSR count). The number of ether oxygens (including phenoxy) is 2. The lowest BCUT2D eigenvalue weighted by molar-refractivity contribution is 0.0342. The molecule has 0 aliphatic carbocycles. The van der Waals surface area contributed by atoms with Gasteiger partial charge in [-0.25, -0.2) is 0 Å².